The van der Waals surface area contributed by atoms with Crippen LogP contribution in [-0.2, 0) is 49.5 Å². The summed E-state index contributed by atoms with van der Waals surface area (Å²) in [4.78, 5) is 53.8. The number of carbonyl (C=O) groups is 3. The van der Waals surface area contributed by atoms with Crippen LogP contribution in [0.25, 0.3) is 0 Å². The van der Waals surface area contributed by atoms with Crippen LogP contribution in [0.15, 0.2) is 85.6 Å². The Balaban J connectivity index is 0.000000391. The van der Waals surface area contributed by atoms with Crippen molar-refractivity contribution in [2.24, 2.45) is 0 Å². The Kier molecular flexibility index (Phi) is 20.9. The molecule has 5 aromatic heterocycles. The molecule has 338 valence electrons. The number of aryl methyl sites for hydroxylation is 2. The molecule has 0 amide bonds. The van der Waals surface area contributed by atoms with E-state index in [1.165, 1.54) is 16.1 Å². The van der Waals surface area contributed by atoms with Gasteiger partial charge in [0.1, 0.15) is 0 Å². The summed E-state index contributed by atoms with van der Waals surface area (Å²) >= 11 is 1.78. The van der Waals surface area contributed by atoms with Crippen LogP contribution in [0.5, 0.6) is 0 Å². The largest absolute Gasteiger partial charge is 0.481 e. The van der Waals surface area contributed by atoms with Crippen LogP contribution in [0.4, 0.5) is 0 Å². The first-order chi connectivity index (χ1) is 28.3. The van der Waals surface area contributed by atoms with E-state index in [2.05, 4.69) is 121 Å². The molecule has 62 heavy (non-hydrogen) atoms. The molecule has 0 fully saturated rings. The number of aliphatic carboxylic acids is 2. The lowest BCUT2D eigenvalue weighted by Gasteiger charge is -2.17. The second-order valence-electron chi connectivity index (χ2n) is 20.0. The molecule has 0 atom stereocenters. The Hall–Kier alpha value is -5.36. The predicted octanol–water partition coefficient (Wildman–Crippen LogP) is 11.6. The zero-order valence-corrected chi connectivity index (χ0v) is 40.7. The van der Waals surface area contributed by atoms with Gasteiger partial charge in [0.2, 0.25) is 0 Å². The maximum atomic E-state index is 10.5. The van der Waals surface area contributed by atoms with E-state index in [-0.39, 0.29) is 45.5 Å². The van der Waals surface area contributed by atoms with E-state index >= 15 is 0 Å². The fourth-order valence-corrected chi connectivity index (χ4v) is 5.71. The van der Waals surface area contributed by atoms with Crippen molar-refractivity contribution in [3.05, 3.63) is 135 Å². The lowest BCUT2D eigenvalue weighted by atomic mass is 9.91. The van der Waals surface area contributed by atoms with E-state index in [1.807, 2.05) is 69.6 Å². The first-order valence-electron chi connectivity index (χ1n) is 20.7. The highest BCUT2D eigenvalue weighted by molar-refractivity contribution is 7.11. The van der Waals surface area contributed by atoms with Crippen LogP contribution in [0.1, 0.15) is 164 Å². The fraction of sp³-hybridized carbons (Fsp3) is 0.480. The van der Waals surface area contributed by atoms with Crippen LogP contribution in [-0.4, -0.2) is 58.1 Å². The molecule has 0 saturated carbocycles. The molecular weight excluding hydrogens is 799 g/mol. The molecule has 5 heterocycles. The molecule has 0 aliphatic heterocycles. The van der Waals surface area contributed by atoms with Crippen LogP contribution in [0.3, 0.4) is 0 Å². The summed E-state index contributed by atoms with van der Waals surface area (Å²) in [6.07, 6.45) is 9.31. The van der Waals surface area contributed by atoms with Gasteiger partial charge < -0.3 is 15.3 Å². The molecule has 3 N–H and O–H groups in total. The van der Waals surface area contributed by atoms with Crippen molar-refractivity contribution in [2.75, 3.05) is 0 Å². The number of carboxylic acid groups (broad SMARTS) is 3. The molecule has 0 aromatic carbocycles. The lowest BCUT2D eigenvalue weighted by Crippen LogP contribution is -2.13. The van der Waals surface area contributed by atoms with Crippen molar-refractivity contribution in [3.63, 3.8) is 0 Å². The summed E-state index contributed by atoms with van der Waals surface area (Å²) in [5.74, 6) is -2.53. The van der Waals surface area contributed by atoms with Crippen molar-refractivity contribution in [1.29, 1.82) is 0 Å². The number of rotatable bonds is 6. The van der Waals surface area contributed by atoms with E-state index < -0.39 is 17.9 Å². The lowest BCUT2D eigenvalue weighted by molar-refractivity contribution is -0.137. The van der Waals surface area contributed by atoms with Gasteiger partial charge in [0.05, 0.1) is 17.0 Å². The molecule has 0 radical (unpaired) electrons. The van der Waals surface area contributed by atoms with Crippen molar-refractivity contribution in [3.8, 4) is 0 Å². The predicted molar refractivity (Wildman–Crippen MR) is 252 cm³/mol. The number of nitrogens with zero attached hydrogens (tertiary/aromatic N) is 5. The van der Waals surface area contributed by atoms with Gasteiger partial charge in [0, 0.05) is 92.1 Å². The molecule has 5 rings (SSSR count). The number of hydrogen-bond donors (Lipinski definition) is 3. The van der Waals surface area contributed by atoms with Crippen molar-refractivity contribution >= 4 is 29.2 Å². The first kappa shape index (κ1) is 54.7. The van der Waals surface area contributed by atoms with E-state index in [9.17, 15) is 14.4 Å². The molecule has 11 nitrogen and oxygen atoms in total. The van der Waals surface area contributed by atoms with Crippen LogP contribution in [0, 0.1) is 6.92 Å². The normalized spacial score (nSPS) is 11.5. The zero-order chi connectivity index (χ0) is 47.7. The monoisotopic (exact) mass is 870 g/mol. The highest BCUT2D eigenvalue weighted by Gasteiger charge is 2.18. The molecule has 0 bridgehead atoms. The number of hydrogen-bond acceptors (Lipinski definition) is 9. The van der Waals surface area contributed by atoms with Gasteiger partial charge in [0.25, 0.3) is 0 Å². The Morgan fingerprint density at radius 3 is 1.23 bits per heavy atom. The fourth-order valence-electron chi connectivity index (χ4n) is 4.89. The van der Waals surface area contributed by atoms with E-state index in [1.54, 1.807) is 35.9 Å². The standard InChI is InChI=1S/C12H17NO2.C11H15NO2.C10H13NO2.C9H13N.C8H13NS/c1-12(2,3)10-6-4-9(8-13-10)5-7-11(14)15;1-11(2,3)9-5-4-8(7-12-9)6-10(13)14;1-10(2,3)8-5-4-7(6-11-8)9(12)13;1-9(2,3)8-6-4-5-7-10-8;1-6-5-9-7(10-6)8(2,3)4/h4,6,8H,5,7H2,1-3H3,(H,14,15);4-5,7H,6H2,1-3H3,(H,13,14);4-6H,1-3H3,(H,12,13);4-7H,1-3H3;5H,1-4H3. The van der Waals surface area contributed by atoms with E-state index in [0.29, 0.717) is 6.42 Å². The molecule has 0 aliphatic rings. The molecular formula is C50H71N5O6S. The topological polar surface area (TPSA) is 176 Å². The van der Waals surface area contributed by atoms with Crippen molar-refractivity contribution in [1.82, 2.24) is 24.9 Å². The first-order valence-corrected chi connectivity index (χ1v) is 21.5. The van der Waals surface area contributed by atoms with Crippen LogP contribution < -0.4 is 0 Å². The highest BCUT2D eigenvalue weighted by atomic mass is 32.1. The maximum Gasteiger partial charge on any atom is 0.337 e. The summed E-state index contributed by atoms with van der Waals surface area (Å²) < 4.78 is 0. The summed E-state index contributed by atoms with van der Waals surface area (Å²) in [6.45, 7) is 33.8. The molecule has 0 saturated heterocycles. The maximum absolute atomic E-state index is 10.5. The van der Waals surface area contributed by atoms with Crippen molar-refractivity contribution in [2.45, 2.75) is 157 Å². The highest BCUT2D eigenvalue weighted by Crippen LogP contribution is 2.26. The Morgan fingerprint density at radius 2 is 0.952 bits per heavy atom. The van der Waals surface area contributed by atoms with Gasteiger partial charge in [-0.2, -0.15) is 0 Å². The van der Waals surface area contributed by atoms with Gasteiger partial charge in [-0.3, -0.25) is 29.5 Å². The number of aromatic carboxylic acids is 1. The number of aromatic nitrogens is 5. The SMILES string of the molecule is CC(C)(C)c1ccc(C(=O)O)cn1.CC(C)(C)c1ccc(CC(=O)O)cn1.CC(C)(C)c1ccc(CCC(=O)O)cn1.CC(C)(C)c1ccccn1.Cc1cnc(C(C)(C)C)s1. The Morgan fingerprint density at radius 1 is 0.500 bits per heavy atom. The Bertz CT molecular complexity index is 2100. The molecule has 0 unspecified atom stereocenters. The smallest absolute Gasteiger partial charge is 0.337 e. The average molecular weight is 870 g/mol. The summed E-state index contributed by atoms with van der Waals surface area (Å²) in [5.41, 5.74) is 6.44. The van der Waals surface area contributed by atoms with Gasteiger partial charge in [-0.1, -0.05) is 122 Å². The quantitative estimate of drug-likeness (QED) is 0.148. The summed E-state index contributed by atoms with van der Waals surface area (Å²) in [6, 6.07) is 17.0. The third-order valence-electron chi connectivity index (χ3n) is 8.64. The second-order valence-corrected chi connectivity index (χ2v) is 21.3. The van der Waals surface area contributed by atoms with Gasteiger partial charge in [-0.15, -0.1) is 11.3 Å². The van der Waals surface area contributed by atoms with E-state index in [4.69, 9.17) is 15.3 Å². The van der Waals surface area contributed by atoms with Gasteiger partial charge in [0.15, 0.2) is 0 Å². The van der Waals surface area contributed by atoms with Gasteiger partial charge >= 0.3 is 17.9 Å². The third-order valence-corrected chi connectivity index (χ3v) is 9.98. The number of pyridine rings is 4. The Labute approximate surface area is 374 Å². The molecule has 0 spiro atoms. The number of carboxylic acids is 3. The van der Waals surface area contributed by atoms with E-state index in [0.717, 1.165) is 33.9 Å². The minimum absolute atomic E-state index is 0.0156. The molecule has 12 heteroatoms. The molecule has 5 aromatic rings. The summed E-state index contributed by atoms with van der Waals surface area (Å²) in [5, 5.41) is 27.0. The molecule has 0 aliphatic carbocycles. The van der Waals surface area contributed by atoms with Crippen LogP contribution >= 0.6 is 11.3 Å². The minimum Gasteiger partial charge on any atom is -0.481 e. The average Bonchev–Trinajstić information content (AvgIpc) is 3.61. The zero-order valence-electron chi connectivity index (χ0n) is 39.9. The van der Waals surface area contributed by atoms with Gasteiger partial charge in [-0.05, 0) is 60.9 Å². The van der Waals surface area contributed by atoms with Gasteiger partial charge in [-0.25, -0.2) is 9.78 Å². The second kappa shape index (κ2) is 23.7. The third kappa shape index (κ3) is 21.9. The minimum atomic E-state index is -0.937. The van der Waals surface area contributed by atoms with Crippen molar-refractivity contribution < 1.29 is 29.7 Å². The van der Waals surface area contributed by atoms with Crippen LogP contribution in [0.2, 0.25) is 0 Å². The summed E-state index contributed by atoms with van der Waals surface area (Å²) in [7, 11) is 0. The number of thiazole rings is 1.